The predicted octanol–water partition coefficient (Wildman–Crippen LogP) is 0.510. The number of rotatable bonds is 4. The zero-order valence-corrected chi connectivity index (χ0v) is 7.21. The zero-order chi connectivity index (χ0) is 8.81. The van der Waals surface area contributed by atoms with Crippen molar-refractivity contribution in [1.82, 2.24) is 5.32 Å². The molecule has 0 radical (unpaired) electrons. The zero-order valence-electron chi connectivity index (χ0n) is 7.21. The van der Waals surface area contributed by atoms with Crippen molar-refractivity contribution in [2.75, 3.05) is 19.7 Å². The maximum atomic E-state index is 10.8. The van der Waals surface area contributed by atoms with E-state index in [1.54, 1.807) is 0 Å². The Morgan fingerprint density at radius 2 is 2.25 bits per heavy atom. The third-order valence-electron chi connectivity index (χ3n) is 1.98. The lowest BCUT2D eigenvalue weighted by Gasteiger charge is -2.22. The highest BCUT2D eigenvalue weighted by Crippen LogP contribution is 2.06. The summed E-state index contributed by atoms with van der Waals surface area (Å²) in [6, 6.07) is 0. The van der Waals surface area contributed by atoms with Gasteiger partial charge in [-0.2, -0.15) is 0 Å². The molecule has 3 heteroatoms. The molecule has 0 aliphatic carbocycles. The van der Waals surface area contributed by atoms with Crippen LogP contribution < -0.4 is 5.32 Å². The molecule has 0 amide bonds. The minimum absolute atomic E-state index is 0.0338. The molecule has 0 saturated carbocycles. The molecule has 1 heterocycles. The Bertz CT molecular complexity index is 162. The molecule has 3 nitrogen and oxygen atoms in total. The summed E-state index contributed by atoms with van der Waals surface area (Å²) < 4.78 is 5.37. The van der Waals surface area contributed by atoms with Crippen LogP contribution in [-0.2, 0) is 9.53 Å². The van der Waals surface area contributed by atoms with E-state index in [0.717, 1.165) is 25.9 Å². The van der Waals surface area contributed by atoms with Gasteiger partial charge in [0.05, 0.1) is 6.10 Å². The molecule has 1 saturated heterocycles. The van der Waals surface area contributed by atoms with Gasteiger partial charge in [-0.15, -0.1) is 0 Å². The first-order valence-corrected chi connectivity index (χ1v) is 4.30. The van der Waals surface area contributed by atoms with Crippen LogP contribution >= 0.6 is 0 Å². The van der Waals surface area contributed by atoms with Gasteiger partial charge in [-0.25, -0.2) is 0 Å². The summed E-state index contributed by atoms with van der Waals surface area (Å²) in [4.78, 5) is 10.8. The Labute approximate surface area is 72.8 Å². The van der Waals surface area contributed by atoms with Crippen LogP contribution in [0.3, 0.4) is 0 Å². The molecule has 0 bridgehead atoms. The van der Waals surface area contributed by atoms with Gasteiger partial charge in [0.25, 0.3) is 0 Å². The SMILES string of the molecule is C=CC(=O)COC1CCNCC1. The molecular formula is C9H15NO2. The van der Waals surface area contributed by atoms with Crippen LogP contribution in [0.15, 0.2) is 12.7 Å². The fraction of sp³-hybridized carbons (Fsp3) is 0.667. The van der Waals surface area contributed by atoms with E-state index < -0.39 is 0 Å². The van der Waals surface area contributed by atoms with E-state index in [0.29, 0.717) is 0 Å². The van der Waals surface area contributed by atoms with Crippen LogP contribution in [0.1, 0.15) is 12.8 Å². The summed E-state index contributed by atoms with van der Waals surface area (Å²) >= 11 is 0. The first-order valence-electron chi connectivity index (χ1n) is 4.30. The minimum atomic E-state index is -0.0338. The fourth-order valence-electron chi connectivity index (χ4n) is 1.22. The van der Waals surface area contributed by atoms with Crippen LogP contribution in [0.4, 0.5) is 0 Å². The largest absolute Gasteiger partial charge is 0.370 e. The highest BCUT2D eigenvalue weighted by Gasteiger charge is 2.13. The molecule has 1 N–H and O–H groups in total. The Hall–Kier alpha value is -0.670. The molecule has 1 aliphatic heterocycles. The molecule has 1 fully saturated rings. The van der Waals surface area contributed by atoms with E-state index in [1.807, 2.05) is 0 Å². The van der Waals surface area contributed by atoms with Crippen LogP contribution in [0, 0.1) is 0 Å². The molecule has 1 rings (SSSR count). The number of piperidine rings is 1. The maximum absolute atomic E-state index is 10.8. The van der Waals surface area contributed by atoms with E-state index in [-0.39, 0.29) is 18.5 Å². The number of hydrogen-bond donors (Lipinski definition) is 1. The molecule has 0 atom stereocenters. The summed E-state index contributed by atoms with van der Waals surface area (Å²) in [5, 5.41) is 3.23. The van der Waals surface area contributed by atoms with Gasteiger partial charge in [0.1, 0.15) is 6.61 Å². The molecule has 1 aliphatic rings. The first-order chi connectivity index (χ1) is 5.83. The predicted molar refractivity (Wildman–Crippen MR) is 47.0 cm³/mol. The van der Waals surface area contributed by atoms with Gasteiger partial charge in [-0.05, 0) is 32.0 Å². The van der Waals surface area contributed by atoms with Gasteiger partial charge in [0.2, 0.25) is 0 Å². The minimum Gasteiger partial charge on any atom is -0.370 e. The third kappa shape index (κ3) is 3.15. The molecule has 12 heavy (non-hydrogen) atoms. The third-order valence-corrected chi connectivity index (χ3v) is 1.98. The second kappa shape index (κ2) is 5.06. The van der Waals surface area contributed by atoms with Crippen molar-refractivity contribution in [1.29, 1.82) is 0 Å². The Kier molecular flexibility index (Phi) is 3.97. The van der Waals surface area contributed by atoms with Crippen LogP contribution in [0.2, 0.25) is 0 Å². The lowest BCUT2D eigenvalue weighted by atomic mass is 10.1. The Morgan fingerprint density at radius 1 is 1.58 bits per heavy atom. The van der Waals surface area contributed by atoms with E-state index in [4.69, 9.17) is 4.74 Å². The van der Waals surface area contributed by atoms with Crippen molar-refractivity contribution in [3.05, 3.63) is 12.7 Å². The van der Waals surface area contributed by atoms with Crippen molar-refractivity contribution in [2.45, 2.75) is 18.9 Å². The van der Waals surface area contributed by atoms with E-state index in [9.17, 15) is 4.79 Å². The summed E-state index contributed by atoms with van der Waals surface area (Å²) in [5.41, 5.74) is 0. The highest BCUT2D eigenvalue weighted by atomic mass is 16.5. The standard InChI is InChI=1S/C9H15NO2/c1-2-8(11)7-12-9-3-5-10-6-4-9/h2,9-10H,1,3-7H2. The van der Waals surface area contributed by atoms with Gasteiger partial charge >= 0.3 is 0 Å². The molecule has 0 aromatic heterocycles. The van der Waals surface area contributed by atoms with Gasteiger partial charge in [-0.1, -0.05) is 6.58 Å². The highest BCUT2D eigenvalue weighted by molar-refractivity contribution is 5.90. The summed E-state index contributed by atoms with van der Waals surface area (Å²) in [6.07, 6.45) is 3.57. The second-order valence-corrected chi connectivity index (χ2v) is 2.93. The summed E-state index contributed by atoms with van der Waals surface area (Å²) in [6.45, 7) is 5.56. The number of ether oxygens (including phenoxy) is 1. The molecule has 0 aromatic carbocycles. The van der Waals surface area contributed by atoms with E-state index in [2.05, 4.69) is 11.9 Å². The van der Waals surface area contributed by atoms with Crippen molar-refractivity contribution in [3.63, 3.8) is 0 Å². The summed E-state index contributed by atoms with van der Waals surface area (Å²) in [7, 11) is 0. The average Bonchev–Trinajstić information content (AvgIpc) is 2.16. The maximum Gasteiger partial charge on any atom is 0.180 e. The average molecular weight is 169 g/mol. The number of nitrogens with one attached hydrogen (secondary N) is 1. The van der Waals surface area contributed by atoms with Crippen molar-refractivity contribution in [3.8, 4) is 0 Å². The van der Waals surface area contributed by atoms with Gasteiger partial charge < -0.3 is 10.1 Å². The van der Waals surface area contributed by atoms with Gasteiger partial charge in [0.15, 0.2) is 5.78 Å². The second-order valence-electron chi connectivity index (χ2n) is 2.93. The van der Waals surface area contributed by atoms with E-state index in [1.165, 1.54) is 6.08 Å². The molecular weight excluding hydrogens is 154 g/mol. The Balaban J connectivity index is 2.12. The molecule has 0 spiro atoms. The lowest BCUT2D eigenvalue weighted by molar-refractivity contribution is -0.121. The van der Waals surface area contributed by atoms with Crippen molar-refractivity contribution in [2.24, 2.45) is 0 Å². The van der Waals surface area contributed by atoms with Crippen LogP contribution in [0.25, 0.3) is 0 Å². The van der Waals surface area contributed by atoms with Crippen molar-refractivity contribution >= 4 is 5.78 Å². The smallest absolute Gasteiger partial charge is 0.180 e. The number of hydrogen-bond acceptors (Lipinski definition) is 3. The number of ketones is 1. The van der Waals surface area contributed by atoms with Crippen molar-refractivity contribution < 1.29 is 9.53 Å². The fourth-order valence-corrected chi connectivity index (χ4v) is 1.22. The Morgan fingerprint density at radius 3 is 2.83 bits per heavy atom. The number of carbonyl (C=O) groups is 1. The first kappa shape index (κ1) is 9.42. The van der Waals surface area contributed by atoms with Gasteiger partial charge in [0, 0.05) is 0 Å². The lowest BCUT2D eigenvalue weighted by Crippen LogP contribution is -2.33. The van der Waals surface area contributed by atoms with Crippen LogP contribution in [0.5, 0.6) is 0 Å². The monoisotopic (exact) mass is 169 g/mol. The number of carbonyl (C=O) groups excluding carboxylic acids is 1. The van der Waals surface area contributed by atoms with Crippen LogP contribution in [-0.4, -0.2) is 31.6 Å². The molecule has 0 unspecified atom stereocenters. The normalized spacial score (nSPS) is 19.0. The topological polar surface area (TPSA) is 38.3 Å². The molecule has 0 aromatic rings. The quantitative estimate of drug-likeness (QED) is 0.623. The van der Waals surface area contributed by atoms with Gasteiger partial charge in [-0.3, -0.25) is 4.79 Å². The summed E-state index contributed by atoms with van der Waals surface area (Å²) in [5.74, 6) is -0.0338. The molecule has 68 valence electrons. The van der Waals surface area contributed by atoms with E-state index >= 15 is 0 Å².